The highest BCUT2D eigenvalue weighted by Gasteiger charge is 2.35. The number of hydrogen-bond donors (Lipinski definition) is 0. The second-order valence-electron chi connectivity index (χ2n) is 5.94. The molecular weight excluding hydrogens is 364 g/mol. The fourth-order valence-corrected chi connectivity index (χ4v) is 3.10. The van der Waals surface area contributed by atoms with E-state index < -0.39 is 11.6 Å². The van der Waals surface area contributed by atoms with E-state index in [-0.39, 0.29) is 34.7 Å². The molecule has 0 spiro atoms. The number of hydrogen-bond acceptors (Lipinski definition) is 4. The van der Waals surface area contributed by atoms with Crippen molar-refractivity contribution in [1.29, 1.82) is 0 Å². The number of rotatable bonds is 3. The summed E-state index contributed by atoms with van der Waals surface area (Å²) in [7, 11) is 0. The van der Waals surface area contributed by atoms with Crippen LogP contribution in [0.3, 0.4) is 0 Å². The lowest BCUT2D eigenvalue weighted by atomic mass is 10.1. The van der Waals surface area contributed by atoms with Crippen LogP contribution in [0.15, 0.2) is 47.0 Å². The quantitative estimate of drug-likeness (QED) is 0.688. The van der Waals surface area contributed by atoms with Crippen molar-refractivity contribution in [3.63, 3.8) is 0 Å². The molecule has 0 radical (unpaired) electrons. The zero-order valence-electron chi connectivity index (χ0n) is 13.3. The van der Waals surface area contributed by atoms with Gasteiger partial charge in [0.25, 0.3) is 5.89 Å². The lowest BCUT2D eigenvalue weighted by Crippen LogP contribution is -2.24. The van der Waals surface area contributed by atoms with Crippen LogP contribution in [0.25, 0.3) is 11.5 Å². The molecular formula is C18H12ClF2N3O2. The highest BCUT2D eigenvalue weighted by Crippen LogP contribution is 2.33. The number of aromatic nitrogens is 2. The first-order chi connectivity index (χ1) is 12.5. The highest BCUT2D eigenvalue weighted by atomic mass is 35.5. The van der Waals surface area contributed by atoms with E-state index in [2.05, 4.69) is 10.1 Å². The molecule has 1 fully saturated rings. The topological polar surface area (TPSA) is 59.2 Å². The molecule has 26 heavy (non-hydrogen) atoms. The Kier molecular flexibility index (Phi) is 4.16. The van der Waals surface area contributed by atoms with Crippen molar-refractivity contribution in [3.05, 3.63) is 64.9 Å². The minimum atomic E-state index is -0.550. The van der Waals surface area contributed by atoms with E-state index in [1.807, 2.05) is 0 Å². The molecule has 5 nitrogen and oxygen atoms in total. The molecule has 8 heteroatoms. The molecule has 1 aromatic heterocycles. The van der Waals surface area contributed by atoms with Crippen molar-refractivity contribution < 1.29 is 18.1 Å². The number of amides is 1. The summed E-state index contributed by atoms with van der Waals surface area (Å²) in [5.41, 5.74) is 0.708. The standard InChI is InChI=1S/C18H12ClF2N3O2/c19-13-8-11(5-6-15(13)21)24-9-10(7-16(24)25)17-22-18(26-23-17)12-3-1-2-4-14(12)20/h1-6,8,10H,7,9H2/t10-/m1/s1. The minimum absolute atomic E-state index is 0.0554. The van der Waals surface area contributed by atoms with E-state index in [4.69, 9.17) is 16.1 Å². The van der Waals surface area contributed by atoms with Crippen LogP contribution in [0.4, 0.5) is 14.5 Å². The Labute approximate surface area is 152 Å². The van der Waals surface area contributed by atoms with Crippen molar-refractivity contribution in [1.82, 2.24) is 10.1 Å². The van der Waals surface area contributed by atoms with E-state index in [0.29, 0.717) is 18.1 Å². The predicted molar refractivity (Wildman–Crippen MR) is 90.8 cm³/mol. The Balaban J connectivity index is 1.58. The molecule has 132 valence electrons. The molecule has 3 aromatic rings. The fourth-order valence-electron chi connectivity index (χ4n) is 2.93. The van der Waals surface area contributed by atoms with Crippen LogP contribution in [0.5, 0.6) is 0 Å². The molecule has 0 bridgehead atoms. The van der Waals surface area contributed by atoms with Gasteiger partial charge in [-0.2, -0.15) is 4.98 Å². The zero-order valence-corrected chi connectivity index (χ0v) is 14.1. The molecule has 1 aliphatic rings. The predicted octanol–water partition coefficient (Wildman–Crippen LogP) is 4.19. The first-order valence-electron chi connectivity index (χ1n) is 7.87. The van der Waals surface area contributed by atoms with Crippen LogP contribution in [0.2, 0.25) is 5.02 Å². The molecule has 4 rings (SSSR count). The van der Waals surface area contributed by atoms with Gasteiger partial charge >= 0.3 is 0 Å². The third kappa shape index (κ3) is 2.94. The number of nitrogens with zero attached hydrogens (tertiary/aromatic N) is 3. The van der Waals surface area contributed by atoms with Crippen molar-refractivity contribution in [2.24, 2.45) is 0 Å². The SMILES string of the molecule is O=C1C[C@@H](c2noc(-c3ccccc3F)n2)CN1c1ccc(F)c(Cl)c1. The molecule has 0 saturated carbocycles. The highest BCUT2D eigenvalue weighted by molar-refractivity contribution is 6.31. The van der Waals surface area contributed by atoms with Gasteiger partial charge in [0.1, 0.15) is 11.6 Å². The first kappa shape index (κ1) is 16.7. The zero-order chi connectivity index (χ0) is 18.3. The van der Waals surface area contributed by atoms with E-state index in [9.17, 15) is 13.6 Å². The van der Waals surface area contributed by atoms with E-state index >= 15 is 0 Å². The van der Waals surface area contributed by atoms with Gasteiger partial charge in [0.2, 0.25) is 5.91 Å². The van der Waals surface area contributed by atoms with Crippen molar-refractivity contribution in [2.75, 3.05) is 11.4 Å². The maximum Gasteiger partial charge on any atom is 0.260 e. The van der Waals surface area contributed by atoms with Gasteiger partial charge in [0, 0.05) is 24.6 Å². The average Bonchev–Trinajstić information content (AvgIpc) is 3.25. The summed E-state index contributed by atoms with van der Waals surface area (Å²) in [6.45, 7) is 0.303. The van der Waals surface area contributed by atoms with Gasteiger partial charge < -0.3 is 9.42 Å². The maximum absolute atomic E-state index is 13.8. The second-order valence-corrected chi connectivity index (χ2v) is 6.35. The van der Waals surface area contributed by atoms with Gasteiger partial charge in [-0.15, -0.1) is 0 Å². The van der Waals surface area contributed by atoms with E-state index in [0.717, 1.165) is 0 Å². The Morgan fingerprint density at radius 2 is 1.96 bits per heavy atom. The van der Waals surface area contributed by atoms with Crippen LogP contribution in [0.1, 0.15) is 18.2 Å². The number of halogens is 3. The Bertz CT molecular complexity index is 992. The fraction of sp³-hybridized carbons (Fsp3) is 0.167. The smallest absolute Gasteiger partial charge is 0.260 e. The summed E-state index contributed by atoms with van der Waals surface area (Å²) < 4.78 is 32.3. The van der Waals surface area contributed by atoms with Gasteiger partial charge in [-0.05, 0) is 30.3 Å². The molecule has 2 aromatic carbocycles. The third-order valence-electron chi connectivity index (χ3n) is 4.25. The molecule has 0 unspecified atom stereocenters. The van der Waals surface area contributed by atoms with Crippen molar-refractivity contribution >= 4 is 23.2 Å². The average molecular weight is 376 g/mol. The summed E-state index contributed by atoms with van der Waals surface area (Å²) >= 11 is 5.79. The maximum atomic E-state index is 13.8. The molecule has 1 atom stereocenters. The summed E-state index contributed by atoms with van der Waals surface area (Å²) in [5.74, 6) is -1.09. The molecule has 0 N–H and O–H groups in total. The molecule has 1 amide bonds. The van der Waals surface area contributed by atoms with Gasteiger partial charge in [-0.1, -0.05) is 28.9 Å². The molecule has 2 heterocycles. The van der Waals surface area contributed by atoms with E-state index in [1.54, 1.807) is 18.2 Å². The molecule has 1 saturated heterocycles. The summed E-state index contributed by atoms with van der Waals surface area (Å²) in [5, 5.41) is 3.84. The summed E-state index contributed by atoms with van der Waals surface area (Å²) in [4.78, 5) is 18.1. The van der Waals surface area contributed by atoms with Gasteiger partial charge in [-0.25, -0.2) is 8.78 Å². The van der Waals surface area contributed by atoms with Crippen LogP contribution >= 0.6 is 11.6 Å². The normalized spacial score (nSPS) is 17.1. The number of carbonyl (C=O) groups is 1. The monoisotopic (exact) mass is 375 g/mol. The lowest BCUT2D eigenvalue weighted by Gasteiger charge is -2.16. The molecule has 0 aliphatic carbocycles. The van der Waals surface area contributed by atoms with Gasteiger partial charge in [0.05, 0.1) is 10.6 Å². The third-order valence-corrected chi connectivity index (χ3v) is 4.54. The summed E-state index contributed by atoms with van der Waals surface area (Å²) in [6.07, 6.45) is 0.172. The number of anilines is 1. The van der Waals surface area contributed by atoms with Crippen molar-refractivity contribution in [2.45, 2.75) is 12.3 Å². The largest absolute Gasteiger partial charge is 0.334 e. The Morgan fingerprint density at radius 3 is 2.73 bits per heavy atom. The minimum Gasteiger partial charge on any atom is -0.334 e. The van der Waals surface area contributed by atoms with Crippen LogP contribution < -0.4 is 4.90 Å². The number of carbonyl (C=O) groups excluding carboxylic acids is 1. The van der Waals surface area contributed by atoms with Crippen LogP contribution in [0, 0.1) is 11.6 Å². The summed E-state index contributed by atoms with van der Waals surface area (Å²) in [6, 6.07) is 10.2. The lowest BCUT2D eigenvalue weighted by molar-refractivity contribution is -0.117. The van der Waals surface area contributed by atoms with Gasteiger partial charge in [0.15, 0.2) is 5.82 Å². The van der Waals surface area contributed by atoms with Crippen LogP contribution in [-0.4, -0.2) is 22.6 Å². The first-order valence-corrected chi connectivity index (χ1v) is 8.24. The second kappa shape index (κ2) is 6.49. The Hall–Kier alpha value is -2.80. The Morgan fingerprint density at radius 1 is 1.15 bits per heavy atom. The number of benzene rings is 2. The molecule has 1 aliphatic heterocycles. The van der Waals surface area contributed by atoms with Crippen molar-refractivity contribution in [3.8, 4) is 11.5 Å². The van der Waals surface area contributed by atoms with Crippen LogP contribution in [-0.2, 0) is 4.79 Å². The van der Waals surface area contributed by atoms with E-state index in [1.165, 1.54) is 29.2 Å². The van der Waals surface area contributed by atoms with Gasteiger partial charge in [-0.3, -0.25) is 4.79 Å².